The van der Waals surface area contributed by atoms with Gasteiger partial charge in [-0.05, 0) is 27.7 Å². The SMILES string of the molecule is CC(C)OP(=O)([CH-]F)OC(C)C.[Li+]. The van der Waals surface area contributed by atoms with E-state index in [0.29, 0.717) is 0 Å². The van der Waals surface area contributed by atoms with E-state index in [1.165, 1.54) is 0 Å². The minimum Gasteiger partial charge on any atom is -0.447 e. The molecule has 0 aromatic carbocycles. The Bertz CT molecular complexity index is 161. The monoisotopic (exact) mass is 204 g/mol. The standard InChI is InChI=1S/C7H15FO3P.Li/c1-6(2)10-12(9,5-8)11-7(3)4;/h5-7H,1-4H3;/q-1;+1. The summed E-state index contributed by atoms with van der Waals surface area (Å²) in [6.07, 6.45) is -0.643. The molecular weight excluding hydrogens is 189 g/mol. The summed E-state index contributed by atoms with van der Waals surface area (Å²) in [5, 5.41) is 0. The predicted octanol–water partition coefficient (Wildman–Crippen LogP) is 0.122. The summed E-state index contributed by atoms with van der Waals surface area (Å²) < 4.78 is 33.1. The molecule has 0 aromatic rings. The summed E-state index contributed by atoms with van der Waals surface area (Å²) >= 11 is 0. The second-order valence-electron chi connectivity index (χ2n) is 2.95. The van der Waals surface area contributed by atoms with Gasteiger partial charge in [-0.1, -0.05) is 6.42 Å². The van der Waals surface area contributed by atoms with Crippen molar-refractivity contribution in [2.24, 2.45) is 0 Å². The minimum atomic E-state index is -3.60. The molecule has 3 nitrogen and oxygen atoms in total. The summed E-state index contributed by atoms with van der Waals surface area (Å²) in [5.41, 5.74) is 0. The molecule has 0 saturated heterocycles. The first kappa shape index (κ1) is 16.1. The molecular formula is C7H15FLiO3P. The van der Waals surface area contributed by atoms with Gasteiger partial charge < -0.3 is 13.4 Å². The van der Waals surface area contributed by atoms with Crippen LogP contribution in [0.25, 0.3) is 0 Å². The van der Waals surface area contributed by atoms with Crippen LogP contribution in [0.5, 0.6) is 0 Å². The van der Waals surface area contributed by atoms with Crippen LogP contribution in [-0.4, -0.2) is 12.2 Å². The van der Waals surface area contributed by atoms with Crippen LogP contribution in [0.15, 0.2) is 0 Å². The van der Waals surface area contributed by atoms with Gasteiger partial charge in [0, 0.05) is 0 Å². The molecule has 0 aliphatic carbocycles. The topological polar surface area (TPSA) is 35.5 Å². The first-order valence-corrected chi connectivity index (χ1v) is 5.42. The van der Waals surface area contributed by atoms with Crippen molar-refractivity contribution in [3.63, 3.8) is 0 Å². The molecule has 0 atom stereocenters. The molecule has 0 spiro atoms. The second-order valence-corrected chi connectivity index (χ2v) is 4.64. The molecule has 0 heterocycles. The summed E-state index contributed by atoms with van der Waals surface area (Å²) in [6, 6.07) is 0. The van der Waals surface area contributed by atoms with Crippen LogP contribution < -0.4 is 18.9 Å². The molecule has 0 unspecified atom stereocenters. The van der Waals surface area contributed by atoms with Crippen molar-refractivity contribution >= 4 is 7.60 Å². The third kappa shape index (κ3) is 7.73. The molecule has 0 N–H and O–H groups in total. The zero-order chi connectivity index (χ0) is 9.78. The first-order chi connectivity index (χ1) is 5.39. The van der Waals surface area contributed by atoms with Crippen LogP contribution in [-0.2, 0) is 13.6 Å². The van der Waals surface area contributed by atoms with E-state index in [0.717, 1.165) is 0 Å². The van der Waals surface area contributed by atoms with Gasteiger partial charge in [0.05, 0.1) is 12.2 Å². The van der Waals surface area contributed by atoms with Crippen molar-refractivity contribution in [1.29, 1.82) is 0 Å². The summed E-state index contributed by atoms with van der Waals surface area (Å²) in [6.45, 7) is 6.67. The molecule has 0 aromatic heterocycles. The quantitative estimate of drug-likeness (QED) is 0.362. The molecule has 0 fully saturated rings. The Labute approximate surface area is 91.1 Å². The Hall–Kier alpha value is 0.677. The Kier molecular flexibility index (Phi) is 8.72. The fraction of sp³-hybridized carbons (Fsp3) is 0.857. The molecule has 6 heteroatoms. The summed E-state index contributed by atoms with van der Waals surface area (Å²) in [5.74, 6) is 0. The van der Waals surface area contributed by atoms with Crippen molar-refractivity contribution < 1.29 is 36.9 Å². The number of halogens is 1. The van der Waals surface area contributed by atoms with E-state index in [1.54, 1.807) is 27.7 Å². The van der Waals surface area contributed by atoms with Gasteiger partial charge in [0.2, 0.25) is 7.60 Å². The third-order valence-electron chi connectivity index (χ3n) is 0.835. The van der Waals surface area contributed by atoms with Gasteiger partial charge in [0.1, 0.15) is 0 Å². The predicted molar refractivity (Wildman–Crippen MR) is 45.5 cm³/mol. The Morgan fingerprint density at radius 3 is 1.62 bits per heavy atom. The van der Waals surface area contributed by atoms with E-state index >= 15 is 0 Å². The fourth-order valence-electron chi connectivity index (χ4n) is 0.659. The van der Waals surface area contributed by atoms with E-state index in [9.17, 15) is 8.96 Å². The molecule has 13 heavy (non-hydrogen) atoms. The largest absolute Gasteiger partial charge is 1.00 e. The van der Waals surface area contributed by atoms with E-state index in [4.69, 9.17) is 9.05 Å². The van der Waals surface area contributed by atoms with Crippen molar-refractivity contribution in [1.82, 2.24) is 0 Å². The number of rotatable bonds is 5. The zero-order valence-corrected chi connectivity index (χ0v) is 9.68. The smallest absolute Gasteiger partial charge is 0.447 e. The van der Waals surface area contributed by atoms with Gasteiger partial charge in [-0.2, -0.15) is 0 Å². The molecule has 0 rings (SSSR count). The third-order valence-corrected chi connectivity index (χ3v) is 2.51. The van der Waals surface area contributed by atoms with Gasteiger partial charge in [-0.15, -0.1) is 0 Å². The number of hydrogen-bond donors (Lipinski definition) is 0. The van der Waals surface area contributed by atoms with Crippen LogP contribution in [0, 0.1) is 6.42 Å². The van der Waals surface area contributed by atoms with Crippen LogP contribution in [0.2, 0.25) is 0 Å². The van der Waals surface area contributed by atoms with E-state index in [2.05, 4.69) is 0 Å². The van der Waals surface area contributed by atoms with Crippen molar-refractivity contribution in [3.05, 3.63) is 6.42 Å². The van der Waals surface area contributed by atoms with Crippen molar-refractivity contribution in [2.45, 2.75) is 39.9 Å². The Morgan fingerprint density at radius 2 is 1.46 bits per heavy atom. The van der Waals surface area contributed by atoms with Crippen LogP contribution in [0.3, 0.4) is 0 Å². The van der Waals surface area contributed by atoms with Crippen molar-refractivity contribution in [2.75, 3.05) is 0 Å². The van der Waals surface area contributed by atoms with E-state index < -0.39 is 7.60 Å². The molecule has 0 radical (unpaired) electrons. The first-order valence-electron chi connectivity index (χ1n) is 3.80. The minimum absolute atomic E-state index is 0. The molecule has 0 saturated carbocycles. The van der Waals surface area contributed by atoms with Gasteiger partial charge >= 0.3 is 18.9 Å². The average Bonchev–Trinajstić information content (AvgIpc) is 1.83. The fourth-order valence-corrected chi connectivity index (χ4v) is 1.98. The molecule has 74 valence electrons. The van der Waals surface area contributed by atoms with E-state index in [1.807, 2.05) is 0 Å². The van der Waals surface area contributed by atoms with Crippen molar-refractivity contribution in [3.8, 4) is 0 Å². The van der Waals surface area contributed by atoms with Gasteiger partial charge in [-0.25, -0.2) is 0 Å². The molecule has 0 aliphatic heterocycles. The van der Waals surface area contributed by atoms with E-state index in [-0.39, 0.29) is 37.5 Å². The number of hydrogen-bond acceptors (Lipinski definition) is 3. The van der Waals surface area contributed by atoms with Gasteiger partial charge in [0.25, 0.3) is 0 Å². The van der Waals surface area contributed by atoms with Gasteiger partial charge in [-0.3, -0.25) is 4.57 Å². The Balaban J connectivity index is 0. The van der Waals surface area contributed by atoms with Crippen LogP contribution in [0.1, 0.15) is 27.7 Å². The zero-order valence-electron chi connectivity index (χ0n) is 8.78. The molecule has 0 amide bonds. The molecule has 0 aliphatic rings. The average molecular weight is 204 g/mol. The maximum atomic E-state index is 12.1. The maximum absolute atomic E-state index is 12.1. The second kappa shape index (κ2) is 7.03. The maximum Gasteiger partial charge on any atom is 1.00 e. The summed E-state index contributed by atoms with van der Waals surface area (Å²) in [7, 11) is -3.60. The Morgan fingerprint density at radius 1 is 1.15 bits per heavy atom. The van der Waals surface area contributed by atoms with Crippen LogP contribution >= 0.6 is 7.60 Å². The van der Waals surface area contributed by atoms with Crippen LogP contribution in [0.4, 0.5) is 4.39 Å². The van der Waals surface area contributed by atoms with Gasteiger partial charge in [0.15, 0.2) is 0 Å². The summed E-state index contributed by atoms with van der Waals surface area (Å²) in [4.78, 5) is 0. The molecule has 0 bridgehead atoms. The normalized spacial score (nSPS) is 11.9.